The molecule has 0 spiro atoms. The molecule has 0 aliphatic rings. The molecule has 2 heterocycles. The summed E-state index contributed by atoms with van der Waals surface area (Å²) in [5.41, 5.74) is 4.03. The number of para-hydroxylation sites is 1. The van der Waals surface area contributed by atoms with Gasteiger partial charge in [0.05, 0.1) is 24.0 Å². The van der Waals surface area contributed by atoms with E-state index in [1.54, 1.807) is 6.26 Å². The molecule has 22 heavy (non-hydrogen) atoms. The van der Waals surface area contributed by atoms with Crippen LogP contribution in [-0.4, -0.2) is 17.6 Å². The zero-order valence-electron chi connectivity index (χ0n) is 12.4. The number of H-pyrrole nitrogens is 1. The Labute approximate surface area is 126 Å². The molecule has 0 aliphatic carbocycles. The van der Waals surface area contributed by atoms with E-state index in [2.05, 4.69) is 4.98 Å². The zero-order valence-corrected chi connectivity index (χ0v) is 12.4. The third-order valence-electron chi connectivity index (χ3n) is 4.09. The van der Waals surface area contributed by atoms with Gasteiger partial charge in [-0.1, -0.05) is 18.2 Å². The van der Waals surface area contributed by atoms with E-state index in [0.29, 0.717) is 12.2 Å². The standard InChI is InChI=1S/C18H15NO3/c1-3-21-18(20)14-10(2)17-12(8-9-22-17)16-15(14)11-6-4-5-7-13(11)19-16/h4-9,19H,3H2,1-2H3. The molecule has 0 atom stereocenters. The van der Waals surface area contributed by atoms with E-state index in [-0.39, 0.29) is 5.97 Å². The van der Waals surface area contributed by atoms with Gasteiger partial charge in [0.15, 0.2) is 0 Å². The molecule has 0 saturated heterocycles. The van der Waals surface area contributed by atoms with Gasteiger partial charge in [0.25, 0.3) is 0 Å². The lowest BCUT2D eigenvalue weighted by Crippen LogP contribution is -2.07. The maximum Gasteiger partial charge on any atom is 0.339 e. The monoisotopic (exact) mass is 293 g/mol. The predicted molar refractivity (Wildman–Crippen MR) is 86.3 cm³/mol. The number of hydrogen-bond donors (Lipinski definition) is 1. The summed E-state index contributed by atoms with van der Waals surface area (Å²) in [4.78, 5) is 15.9. The Hall–Kier alpha value is -2.75. The predicted octanol–water partition coefficient (Wildman–Crippen LogP) is 4.55. The van der Waals surface area contributed by atoms with Crippen molar-refractivity contribution in [1.82, 2.24) is 4.98 Å². The number of nitrogens with one attached hydrogen (secondary N) is 1. The van der Waals surface area contributed by atoms with Crippen LogP contribution >= 0.6 is 0 Å². The van der Waals surface area contributed by atoms with Crippen LogP contribution in [0.25, 0.3) is 32.8 Å². The van der Waals surface area contributed by atoms with Crippen LogP contribution in [0.1, 0.15) is 22.8 Å². The summed E-state index contributed by atoms with van der Waals surface area (Å²) in [6, 6.07) is 9.89. The highest BCUT2D eigenvalue weighted by molar-refractivity contribution is 6.24. The molecule has 4 heteroatoms. The third kappa shape index (κ3) is 1.61. The minimum absolute atomic E-state index is 0.312. The molecule has 4 rings (SSSR count). The molecule has 0 saturated carbocycles. The summed E-state index contributed by atoms with van der Waals surface area (Å²) >= 11 is 0. The Bertz CT molecular complexity index is 1020. The Balaban J connectivity index is 2.26. The number of fused-ring (bicyclic) bond motifs is 5. The maximum absolute atomic E-state index is 12.5. The van der Waals surface area contributed by atoms with Gasteiger partial charge in [0.1, 0.15) is 5.58 Å². The number of carbonyl (C=O) groups excluding carboxylic acids is 1. The first-order valence-corrected chi connectivity index (χ1v) is 7.29. The number of aromatic amines is 1. The Morgan fingerprint density at radius 2 is 2.05 bits per heavy atom. The molecule has 2 aromatic carbocycles. The molecule has 0 amide bonds. The Kier molecular flexibility index (Phi) is 2.73. The molecule has 0 bridgehead atoms. The van der Waals surface area contributed by atoms with Gasteiger partial charge in [0, 0.05) is 27.2 Å². The van der Waals surface area contributed by atoms with Gasteiger partial charge in [-0.2, -0.15) is 0 Å². The average molecular weight is 293 g/mol. The smallest absolute Gasteiger partial charge is 0.339 e. The Morgan fingerprint density at radius 1 is 1.23 bits per heavy atom. The molecular formula is C18H15NO3. The number of carbonyl (C=O) groups is 1. The van der Waals surface area contributed by atoms with Crippen molar-refractivity contribution in [3.63, 3.8) is 0 Å². The van der Waals surface area contributed by atoms with E-state index < -0.39 is 0 Å². The maximum atomic E-state index is 12.5. The molecule has 2 aromatic heterocycles. The van der Waals surface area contributed by atoms with E-state index in [1.807, 2.05) is 44.2 Å². The topological polar surface area (TPSA) is 55.2 Å². The van der Waals surface area contributed by atoms with Gasteiger partial charge in [-0.05, 0) is 26.0 Å². The van der Waals surface area contributed by atoms with Crippen LogP contribution in [0.3, 0.4) is 0 Å². The number of furan rings is 1. The fraction of sp³-hybridized carbons (Fsp3) is 0.167. The number of benzene rings is 2. The van der Waals surface area contributed by atoms with Crippen molar-refractivity contribution in [2.45, 2.75) is 13.8 Å². The van der Waals surface area contributed by atoms with Gasteiger partial charge < -0.3 is 14.1 Å². The number of ether oxygens (including phenoxy) is 1. The fourth-order valence-electron chi connectivity index (χ4n) is 3.16. The summed E-state index contributed by atoms with van der Waals surface area (Å²) in [6.45, 7) is 4.06. The minimum Gasteiger partial charge on any atom is -0.464 e. The molecule has 1 N–H and O–H groups in total. The third-order valence-corrected chi connectivity index (χ3v) is 4.09. The van der Waals surface area contributed by atoms with E-state index in [1.165, 1.54) is 0 Å². The highest BCUT2D eigenvalue weighted by Gasteiger charge is 2.23. The van der Waals surface area contributed by atoms with E-state index in [4.69, 9.17) is 9.15 Å². The SMILES string of the molecule is CCOC(=O)c1c(C)c2occc2c2[nH]c3ccccc3c12. The second-order valence-electron chi connectivity index (χ2n) is 5.30. The van der Waals surface area contributed by atoms with Crippen LogP contribution in [0.2, 0.25) is 0 Å². The van der Waals surface area contributed by atoms with Crippen LogP contribution in [-0.2, 0) is 4.74 Å². The number of aryl methyl sites for hydroxylation is 1. The van der Waals surface area contributed by atoms with Crippen molar-refractivity contribution < 1.29 is 13.9 Å². The molecule has 0 fully saturated rings. The first-order valence-electron chi connectivity index (χ1n) is 7.29. The van der Waals surface area contributed by atoms with Crippen molar-refractivity contribution in [2.75, 3.05) is 6.61 Å². The van der Waals surface area contributed by atoms with Crippen LogP contribution in [0, 0.1) is 6.92 Å². The zero-order chi connectivity index (χ0) is 15.3. The largest absolute Gasteiger partial charge is 0.464 e. The van der Waals surface area contributed by atoms with Crippen molar-refractivity contribution in [3.05, 3.63) is 47.7 Å². The highest BCUT2D eigenvalue weighted by Crippen LogP contribution is 2.37. The Morgan fingerprint density at radius 3 is 2.86 bits per heavy atom. The first kappa shape index (κ1) is 13.0. The van der Waals surface area contributed by atoms with E-state index in [0.717, 1.165) is 38.3 Å². The van der Waals surface area contributed by atoms with Gasteiger partial charge in [0.2, 0.25) is 0 Å². The van der Waals surface area contributed by atoms with Crippen molar-refractivity contribution >= 4 is 38.7 Å². The van der Waals surface area contributed by atoms with Gasteiger partial charge in [-0.3, -0.25) is 0 Å². The van der Waals surface area contributed by atoms with Gasteiger partial charge in [-0.15, -0.1) is 0 Å². The van der Waals surface area contributed by atoms with Crippen LogP contribution < -0.4 is 0 Å². The molecule has 4 nitrogen and oxygen atoms in total. The quantitative estimate of drug-likeness (QED) is 0.551. The summed E-state index contributed by atoms with van der Waals surface area (Å²) in [5, 5.41) is 2.91. The summed E-state index contributed by atoms with van der Waals surface area (Å²) in [7, 11) is 0. The van der Waals surface area contributed by atoms with E-state index in [9.17, 15) is 4.79 Å². The molecule has 0 aliphatic heterocycles. The van der Waals surface area contributed by atoms with Crippen LogP contribution in [0.15, 0.2) is 41.0 Å². The van der Waals surface area contributed by atoms with Gasteiger partial charge in [-0.25, -0.2) is 4.79 Å². The number of esters is 1. The summed E-state index contributed by atoms with van der Waals surface area (Å²) in [6.07, 6.45) is 1.65. The summed E-state index contributed by atoms with van der Waals surface area (Å²) < 4.78 is 10.9. The molecule has 0 unspecified atom stereocenters. The van der Waals surface area contributed by atoms with Crippen LogP contribution in [0.4, 0.5) is 0 Å². The minimum atomic E-state index is -0.312. The normalized spacial score (nSPS) is 11.5. The van der Waals surface area contributed by atoms with Crippen LogP contribution in [0.5, 0.6) is 0 Å². The first-order chi connectivity index (χ1) is 10.7. The van der Waals surface area contributed by atoms with E-state index >= 15 is 0 Å². The lowest BCUT2D eigenvalue weighted by Gasteiger charge is -2.08. The number of aromatic nitrogens is 1. The van der Waals surface area contributed by atoms with Crippen molar-refractivity contribution in [1.29, 1.82) is 0 Å². The molecular weight excluding hydrogens is 278 g/mol. The highest BCUT2D eigenvalue weighted by atomic mass is 16.5. The average Bonchev–Trinajstić information content (AvgIpc) is 3.12. The lowest BCUT2D eigenvalue weighted by atomic mass is 9.98. The second kappa shape index (κ2) is 4.63. The molecule has 110 valence electrons. The molecule has 0 radical (unpaired) electrons. The second-order valence-corrected chi connectivity index (χ2v) is 5.30. The fourth-order valence-corrected chi connectivity index (χ4v) is 3.16. The summed E-state index contributed by atoms with van der Waals surface area (Å²) in [5.74, 6) is -0.312. The molecule has 4 aromatic rings. The van der Waals surface area contributed by atoms with Crippen molar-refractivity contribution in [3.8, 4) is 0 Å². The lowest BCUT2D eigenvalue weighted by molar-refractivity contribution is 0.0528. The van der Waals surface area contributed by atoms with Gasteiger partial charge >= 0.3 is 5.97 Å². The number of hydrogen-bond acceptors (Lipinski definition) is 3. The number of rotatable bonds is 2. The van der Waals surface area contributed by atoms with Crippen molar-refractivity contribution in [2.24, 2.45) is 0 Å².